The Labute approximate surface area is 199 Å². The number of likely N-dealkylation sites (N-methyl/N-ethyl adjacent to an activating group) is 1. The number of nitrogens with one attached hydrogen (secondary N) is 1. The number of benzene rings is 1. The molecule has 4 rings (SSSR count). The Morgan fingerprint density at radius 3 is 2.73 bits per heavy atom. The van der Waals surface area contributed by atoms with E-state index in [1.54, 1.807) is 18.4 Å². The third kappa shape index (κ3) is 5.94. The van der Waals surface area contributed by atoms with E-state index in [0.717, 1.165) is 39.1 Å². The molecule has 1 saturated heterocycles. The second kappa shape index (κ2) is 10.7. The van der Waals surface area contributed by atoms with Crippen molar-refractivity contribution in [3.05, 3.63) is 41.4 Å². The molecule has 1 aromatic carbocycles. The number of hydrogen-bond donors (Lipinski definition) is 1. The highest BCUT2D eigenvalue weighted by Crippen LogP contribution is 2.29. The second-order valence-electron chi connectivity index (χ2n) is 7.94. The average molecular weight is 493 g/mol. The summed E-state index contributed by atoms with van der Waals surface area (Å²) >= 11 is 5.88. The van der Waals surface area contributed by atoms with Gasteiger partial charge in [0.25, 0.3) is 0 Å². The minimum absolute atomic E-state index is 0.00562. The van der Waals surface area contributed by atoms with Crippen LogP contribution in [0.4, 0.5) is 15.9 Å². The Hall–Kier alpha value is -2.40. The third-order valence-electron chi connectivity index (χ3n) is 5.47. The van der Waals surface area contributed by atoms with E-state index in [0.29, 0.717) is 39.9 Å². The lowest BCUT2D eigenvalue weighted by molar-refractivity contribution is 0.145. The van der Waals surface area contributed by atoms with E-state index in [1.165, 1.54) is 18.5 Å². The summed E-state index contributed by atoms with van der Waals surface area (Å²) in [7, 11) is 0.760. The van der Waals surface area contributed by atoms with Crippen LogP contribution in [0.15, 0.2) is 35.6 Å². The predicted molar refractivity (Wildman–Crippen MR) is 128 cm³/mol. The number of ether oxygens (including phenoxy) is 1. The van der Waals surface area contributed by atoms with Gasteiger partial charge in [-0.15, -0.1) is 0 Å². The molecule has 1 aliphatic heterocycles. The molecule has 1 unspecified atom stereocenters. The summed E-state index contributed by atoms with van der Waals surface area (Å²) < 4.78 is 31.9. The third-order valence-corrected chi connectivity index (χ3v) is 6.60. The summed E-state index contributed by atoms with van der Waals surface area (Å²) in [6, 6.07) is 6.01. The first kappa shape index (κ1) is 23.7. The van der Waals surface area contributed by atoms with Gasteiger partial charge in [0, 0.05) is 50.7 Å². The molecule has 3 aromatic rings. The van der Waals surface area contributed by atoms with Crippen LogP contribution in [0.5, 0.6) is 5.75 Å². The van der Waals surface area contributed by atoms with Gasteiger partial charge >= 0.3 is 0 Å². The predicted octanol–water partition coefficient (Wildman–Crippen LogP) is 3.31. The fraction of sp³-hybridized carbons (Fsp3) is 0.409. The van der Waals surface area contributed by atoms with Gasteiger partial charge in [0.05, 0.1) is 27.9 Å². The maximum Gasteiger partial charge on any atom is 0.169 e. The topological polar surface area (TPSA) is 83.5 Å². The molecule has 0 saturated carbocycles. The van der Waals surface area contributed by atoms with E-state index >= 15 is 0 Å². The second-order valence-corrected chi connectivity index (χ2v) is 9.64. The van der Waals surface area contributed by atoms with Gasteiger partial charge < -0.3 is 19.9 Å². The first-order chi connectivity index (χ1) is 15.9. The van der Waals surface area contributed by atoms with Crippen LogP contribution in [-0.4, -0.2) is 81.6 Å². The van der Waals surface area contributed by atoms with Crippen molar-refractivity contribution in [1.82, 2.24) is 24.8 Å². The minimum Gasteiger partial charge on any atom is -0.491 e. The van der Waals surface area contributed by atoms with Crippen molar-refractivity contribution >= 4 is 44.9 Å². The van der Waals surface area contributed by atoms with Crippen LogP contribution in [0.2, 0.25) is 5.02 Å². The zero-order chi connectivity index (χ0) is 23.4. The number of piperazine rings is 1. The van der Waals surface area contributed by atoms with Gasteiger partial charge in [0.2, 0.25) is 0 Å². The SMILES string of the molecule is CN1CCN(CCCOc2cc3ncnc(Nc4ccc(F)c(Cl)c4)c3nc2S(C)=O)CC1. The molecule has 1 N–H and O–H groups in total. The number of anilines is 2. The fourth-order valence-corrected chi connectivity index (χ4v) is 4.41. The number of aromatic nitrogens is 3. The van der Waals surface area contributed by atoms with Crippen LogP contribution >= 0.6 is 11.6 Å². The van der Waals surface area contributed by atoms with Crippen molar-refractivity contribution in [2.75, 3.05) is 58.0 Å². The van der Waals surface area contributed by atoms with Crippen LogP contribution < -0.4 is 10.1 Å². The first-order valence-corrected chi connectivity index (χ1v) is 12.6. The van der Waals surface area contributed by atoms with E-state index in [4.69, 9.17) is 16.3 Å². The maximum atomic E-state index is 13.5. The van der Waals surface area contributed by atoms with E-state index in [-0.39, 0.29) is 5.02 Å². The summed E-state index contributed by atoms with van der Waals surface area (Å²) in [4.78, 5) is 17.8. The molecule has 0 amide bonds. The van der Waals surface area contributed by atoms with Crippen LogP contribution in [0, 0.1) is 5.82 Å². The Bertz CT molecular complexity index is 1160. The van der Waals surface area contributed by atoms with Crippen LogP contribution in [0.3, 0.4) is 0 Å². The van der Waals surface area contributed by atoms with E-state index < -0.39 is 16.6 Å². The summed E-state index contributed by atoms with van der Waals surface area (Å²) in [5, 5.41) is 3.40. The molecule has 0 bridgehead atoms. The lowest BCUT2D eigenvalue weighted by Crippen LogP contribution is -2.44. The molecule has 11 heteroatoms. The molecule has 176 valence electrons. The highest BCUT2D eigenvalue weighted by Gasteiger charge is 2.17. The molecule has 2 aromatic heterocycles. The minimum atomic E-state index is -1.38. The quantitative estimate of drug-likeness (QED) is 0.479. The average Bonchev–Trinajstić information content (AvgIpc) is 2.80. The summed E-state index contributed by atoms with van der Waals surface area (Å²) in [6.07, 6.45) is 3.82. The number of nitrogens with zero attached hydrogens (tertiary/aromatic N) is 5. The standard InChI is InChI=1S/C22H26ClFN6O2S/c1-29-7-9-30(10-8-29)6-3-11-32-19-13-18-20(28-22(19)33(2)31)21(26-14-25-18)27-15-4-5-17(24)16(23)12-15/h4-5,12-14H,3,6-11H2,1-2H3,(H,25,26,27). The normalized spacial score (nSPS) is 16.1. The smallest absolute Gasteiger partial charge is 0.169 e. The van der Waals surface area contributed by atoms with E-state index in [1.807, 2.05) is 0 Å². The molecule has 0 aliphatic carbocycles. The van der Waals surface area contributed by atoms with Crippen molar-refractivity contribution in [1.29, 1.82) is 0 Å². The van der Waals surface area contributed by atoms with Crippen molar-refractivity contribution < 1.29 is 13.3 Å². The van der Waals surface area contributed by atoms with Gasteiger partial charge in [-0.1, -0.05) is 11.6 Å². The van der Waals surface area contributed by atoms with Gasteiger partial charge in [0.1, 0.15) is 17.7 Å². The van der Waals surface area contributed by atoms with Crippen LogP contribution in [0.25, 0.3) is 11.0 Å². The molecule has 1 fully saturated rings. The van der Waals surface area contributed by atoms with Gasteiger partial charge in [-0.3, -0.25) is 4.21 Å². The van der Waals surface area contributed by atoms with Crippen molar-refractivity contribution in [3.8, 4) is 5.75 Å². The highest BCUT2D eigenvalue weighted by molar-refractivity contribution is 7.84. The number of rotatable bonds is 8. The van der Waals surface area contributed by atoms with Gasteiger partial charge in [-0.05, 0) is 31.7 Å². The summed E-state index contributed by atoms with van der Waals surface area (Å²) in [6.45, 7) is 5.72. The monoisotopic (exact) mass is 492 g/mol. The molecule has 0 spiro atoms. The Kier molecular flexibility index (Phi) is 7.69. The largest absolute Gasteiger partial charge is 0.491 e. The van der Waals surface area contributed by atoms with Crippen LogP contribution in [0.1, 0.15) is 6.42 Å². The van der Waals surface area contributed by atoms with Crippen molar-refractivity contribution in [2.45, 2.75) is 11.4 Å². The van der Waals surface area contributed by atoms with Gasteiger partial charge in [-0.2, -0.15) is 0 Å². The zero-order valence-corrected chi connectivity index (χ0v) is 20.1. The Morgan fingerprint density at radius 1 is 1.21 bits per heavy atom. The van der Waals surface area contributed by atoms with Crippen molar-refractivity contribution in [3.63, 3.8) is 0 Å². The zero-order valence-electron chi connectivity index (χ0n) is 18.6. The van der Waals surface area contributed by atoms with Crippen LogP contribution in [-0.2, 0) is 10.8 Å². The number of pyridine rings is 1. The van der Waals surface area contributed by atoms with Gasteiger partial charge in [0.15, 0.2) is 16.6 Å². The molecule has 8 nitrogen and oxygen atoms in total. The summed E-state index contributed by atoms with van der Waals surface area (Å²) in [5.41, 5.74) is 1.53. The molecule has 1 atom stereocenters. The lowest BCUT2D eigenvalue weighted by Gasteiger charge is -2.32. The van der Waals surface area contributed by atoms with Crippen molar-refractivity contribution in [2.24, 2.45) is 0 Å². The van der Waals surface area contributed by atoms with E-state index in [2.05, 4.69) is 37.1 Å². The Morgan fingerprint density at radius 2 is 2.00 bits per heavy atom. The fourth-order valence-electron chi connectivity index (χ4n) is 3.60. The number of fused-ring (bicyclic) bond motifs is 1. The lowest BCUT2D eigenvalue weighted by atomic mass is 10.3. The number of hydrogen-bond acceptors (Lipinski definition) is 8. The Balaban J connectivity index is 1.50. The molecule has 33 heavy (non-hydrogen) atoms. The molecular formula is C22H26ClFN6O2S. The molecular weight excluding hydrogens is 467 g/mol. The first-order valence-electron chi connectivity index (χ1n) is 10.7. The molecule has 0 radical (unpaired) electrons. The van der Waals surface area contributed by atoms with E-state index in [9.17, 15) is 8.60 Å². The summed E-state index contributed by atoms with van der Waals surface area (Å²) in [5.74, 6) is 0.346. The maximum absolute atomic E-state index is 13.5. The van der Waals surface area contributed by atoms with Gasteiger partial charge in [-0.25, -0.2) is 19.3 Å². The number of halogens is 2. The molecule has 3 heterocycles. The molecule has 1 aliphatic rings. The highest BCUT2D eigenvalue weighted by atomic mass is 35.5.